The molecule has 8 heteroatoms. The summed E-state index contributed by atoms with van der Waals surface area (Å²) in [6.07, 6.45) is 1.59. The normalized spacial score (nSPS) is 12.2. The molecule has 2 aromatic carbocycles. The topological polar surface area (TPSA) is 101 Å². The van der Waals surface area contributed by atoms with E-state index in [0.717, 1.165) is 11.1 Å². The molecule has 2 heterocycles. The molecular weight excluding hydrogens is 376 g/mol. The first-order valence-electron chi connectivity index (χ1n) is 8.51. The molecule has 0 aliphatic heterocycles. The van der Waals surface area contributed by atoms with Crippen molar-refractivity contribution in [2.45, 2.75) is 4.90 Å². The zero-order valence-corrected chi connectivity index (χ0v) is 16.1. The number of nitrogens with two attached hydrogens (primary N) is 1. The summed E-state index contributed by atoms with van der Waals surface area (Å²) in [6, 6.07) is 14.1. The van der Waals surface area contributed by atoms with Gasteiger partial charge in [-0.25, -0.2) is 4.21 Å². The van der Waals surface area contributed by atoms with Gasteiger partial charge in [-0.05, 0) is 42.5 Å². The number of rotatable bonds is 4. The number of amides is 1. The standard InChI is InChI=1S/C20H18N4O3S/c1-24(2)13-6-5-12-10-17(27-16(12)11-13)20(25)23-28(26)18-8-7-15(21)14-4-3-9-22-19(14)18/h3-11H,21H2,1-2H3,(H,23,25). The third kappa shape index (κ3) is 3.18. The minimum Gasteiger partial charge on any atom is -0.451 e. The maximum absolute atomic E-state index is 12.8. The fourth-order valence-corrected chi connectivity index (χ4v) is 3.83. The van der Waals surface area contributed by atoms with E-state index in [-0.39, 0.29) is 5.76 Å². The van der Waals surface area contributed by atoms with Gasteiger partial charge in [0.1, 0.15) is 5.58 Å². The molecule has 1 unspecified atom stereocenters. The number of hydrogen-bond acceptors (Lipinski definition) is 6. The van der Waals surface area contributed by atoms with E-state index < -0.39 is 16.9 Å². The molecule has 7 nitrogen and oxygen atoms in total. The first-order valence-corrected chi connectivity index (χ1v) is 9.66. The van der Waals surface area contributed by atoms with Gasteiger partial charge >= 0.3 is 0 Å². The molecule has 0 saturated carbocycles. The Balaban J connectivity index is 1.63. The van der Waals surface area contributed by atoms with Gasteiger partial charge in [0.05, 0.1) is 10.4 Å². The third-order valence-electron chi connectivity index (χ3n) is 4.40. The molecule has 0 fully saturated rings. The summed E-state index contributed by atoms with van der Waals surface area (Å²) >= 11 is 0. The number of benzene rings is 2. The van der Waals surface area contributed by atoms with Crippen LogP contribution < -0.4 is 15.4 Å². The number of nitrogens with one attached hydrogen (secondary N) is 1. The Labute approximate surface area is 163 Å². The van der Waals surface area contributed by atoms with Crippen molar-refractivity contribution in [3.8, 4) is 0 Å². The maximum Gasteiger partial charge on any atom is 0.298 e. The van der Waals surface area contributed by atoms with Gasteiger partial charge in [0.25, 0.3) is 5.91 Å². The largest absolute Gasteiger partial charge is 0.451 e. The van der Waals surface area contributed by atoms with Crippen LogP contribution >= 0.6 is 0 Å². The average Bonchev–Trinajstić information content (AvgIpc) is 3.12. The van der Waals surface area contributed by atoms with E-state index in [0.29, 0.717) is 27.1 Å². The predicted octanol–water partition coefficient (Wildman–Crippen LogP) is 3.08. The number of nitrogen functional groups attached to an aromatic ring is 1. The van der Waals surface area contributed by atoms with Crippen molar-refractivity contribution >= 4 is 50.1 Å². The Morgan fingerprint density at radius 2 is 2.00 bits per heavy atom. The van der Waals surface area contributed by atoms with E-state index in [1.165, 1.54) is 0 Å². The van der Waals surface area contributed by atoms with Crippen LogP contribution in [0.1, 0.15) is 10.6 Å². The third-order valence-corrected chi connectivity index (χ3v) is 5.50. The van der Waals surface area contributed by atoms with Gasteiger partial charge in [-0.1, -0.05) is 0 Å². The molecule has 4 aromatic rings. The van der Waals surface area contributed by atoms with Gasteiger partial charge in [-0.2, -0.15) is 0 Å². The van der Waals surface area contributed by atoms with Gasteiger partial charge in [-0.15, -0.1) is 0 Å². The number of carbonyl (C=O) groups excluding carboxylic acids is 1. The van der Waals surface area contributed by atoms with Crippen LogP contribution in [0.5, 0.6) is 0 Å². The lowest BCUT2D eigenvalue weighted by molar-refractivity contribution is 0.0958. The molecule has 0 aliphatic carbocycles. The van der Waals surface area contributed by atoms with E-state index in [4.69, 9.17) is 10.2 Å². The second-order valence-electron chi connectivity index (χ2n) is 6.48. The van der Waals surface area contributed by atoms with Crippen LogP contribution in [-0.2, 0) is 11.0 Å². The molecule has 142 valence electrons. The Hall–Kier alpha value is -3.39. The number of hydrogen-bond donors (Lipinski definition) is 2. The number of fused-ring (bicyclic) bond motifs is 2. The van der Waals surface area contributed by atoms with Crippen LogP contribution in [0.4, 0.5) is 11.4 Å². The summed E-state index contributed by atoms with van der Waals surface area (Å²) in [4.78, 5) is 19.1. The fraction of sp³-hybridized carbons (Fsp3) is 0.100. The highest BCUT2D eigenvalue weighted by Gasteiger charge is 2.18. The van der Waals surface area contributed by atoms with Crippen LogP contribution in [0.2, 0.25) is 0 Å². The molecule has 0 saturated heterocycles. The summed E-state index contributed by atoms with van der Waals surface area (Å²) < 4.78 is 20.9. The summed E-state index contributed by atoms with van der Waals surface area (Å²) in [7, 11) is 2.03. The molecule has 0 radical (unpaired) electrons. The molecule has 1 amide bonds. The van der Waals surface area contributed by atoms with E-state index in [2.05, 4.69) is 9.71 Å². The Kier molecular flexibility index (Phi) is 4.48. The fourth-order valence-electron chi connectivity index (χ4n) is 2.92. The smallest absolute Gasteiger partial charge is 0.298 e. The highest BCUT2D eigenvalue weighted by Crippen LogP contribution is 2.26. The summed E-state index contributed by atoms with van der Waals surface area (Å²) in [6.45, 7) is 0. The molecule has 0 spiro atoms. The van der Waals surface area contributed by atoms with Crippen molar-refractivity contribution in [3.05, 3.63) is 60.5 Å². The minimum atomic E-state index is -1.82. The number of pyridine rings is 1. The Morgan fingerprint density at radius 1 is 1.18 bits per heavy atom. The first kappa shape index (κ1) is 18.0. The lowest BCUT2D eigenvalue weighted by atomic mass is 10.2. The van der Waals surface area contributed by atoms with Crippen molar-refractivity contribution < 1.29 is 13.4 Å². The SMILES string of the molecule is CN(C)c1ccc2cc(C(=O)NS(=O)c3ccc(N)c4cccnc34)oc2c1. The van der Waals surface area contributed by atoms with E-state index >= 15 is 0 Å². The lowest BCUT2D eigenvalue weighted by Gasteiger charge is -2.11. The van der Waals surface area contributed by atoms with E-state index in [9.17, 15) is 9.00 Å². The molecule has 0 aliphatic rings. The monoisotopic (exact) mass is 394 g/mol. The van der Waals surface area contributed by atoms with Crippen molar-refractivity contribution in [1.82, 2.24) is 9.71 Å². The van der Waals surface area contributed by atoms with E-state index in [1.807, 2.05) is 37.2 Å². The van der Waals surface area contributed by atoms with Crippen LogP contribution in [0.25, 0.3) is 21.9 Å². The summed E-state index contributed by atoms with van der Waals surface area (Å²) in [5.74, 6) is -0.478. The quantitative estimate of drug-likeness (QED) is 0.516. The highest BCUT2D eigenvalue weighted by atomic mass is 32.2. The van der Waals surface area contributed by atoms with Crippen molar-refractivity contribution in [1.29, 1.82) is 0 Å². The second kappa shape index (κ2) is 6.97. The summed E-state index contributed by atoms with van der Waals surface area (Å²) in [5.41, 5.74) is 8.51. The molecule has 3 N–H and O–H groups in total. The number of anilines is 2. The number of carbonyl (C=O) groups is 1. The van der Waals surface area contributed by atoms with Gasteiger partial charge in [0, 0.05) is 48.5 Å². The lowest BCUT2D eigenvalue weighted by Crippen LogP contribution is -2.25. The van der Waals surface area contributed by atoms with Crippen LogP contribution in [-0.4, -0.2) is 29.2 Å². The average molecular weight is 394 g/mol. The maximum atomic E-state index is 12.8. The number of nitrogens with zero attached hydrogens (tertiary/aromatic N) is 2. The predicted molar refractivity (Wildman–Crippen MR) is 111 cm³/mol. The van der Waals surface area contributed by atoms with Crippen molar-refractivity contribution in [3.63, 3.8) is 0 Å². The second-order valence-corrected chi connectivity index (χ2v) is 7.66. The molecule has 4 rings (SSSR count). The number of furan rings is 1. The summed E-state index contributed by atoms with van der Waals surface area (Å²) in [5, 5.41) is 1.48. The Morgan fingerprint density at radius 3 is 2.79 bits per heavy atom. The Bertz CT molecular complexity index is 1230. The molecule has 1 atom stereocenters. The van der Waals surface area contributed by atoms with Gasteiger partial charge in [0.15, 0.2) is 16.7 Å². The first-order chi connectivity index (χ1) is 13.4. The van der Waals surface area contributed by atoms with Gasteiger partial charge in [-0.3, -0.25) is 14.5 Å². The van der Waals surface area contributed by atoms with Crippen LogP contribution in [0.3, 0.4) is 0 Å². The molecule has 0 bridgehead atoms. The molecule has 2 aromatic heterocycles. The van der Waals surface area contributed by atoms with Crippen LogP contribution in [0.15, 0.2) is 64.0 Å². The highest BCUT2D eigenvalue weighted by molar-refractivity contribution is 7.84. The minimum absolute atomic E-state index is 0.0898. The van der Waals surface area contributed by atoms with Crippen molar-refractivity contribution in [2.24, 2.45) is 0 Å². The van der Waals surface area contributed by atoms with Crippen LogP contribution in [0, 0.1) is 0 Å². The van der Waals surface area contributed by atoms with Crippen molar-refractivity contribution in [2.75, 3.05) is 24.7 Å². The van der Waals surface area contributed by atoms with Gasteiger partial charge < -0.3 is 15.1 Å². The van der Waals surface area contributed by atoms with Gasteiger partial charge in [0.2, 0.25) is 0 Å². The molecule has 28 heavy (non-hydrogen) atoms. The molecular formula is C20H18N4O3S. The zero-order chi connectivity index (χ0) is 19.8. The zero-order valence-electron chi connectivity index (χ0n) is 15.3. The van der Waals surface area contributed by atoms with E-state index in [1.54, 1.807) is 36.5 Å². The number of aromatic nitrogens is 1.